The van der Waals surface area contributed by atoms with E-state index in [4.69, 9.17) is 16.3 Å². The summed E-state index contributed by atoms with van der Waals surface area (Å²) in [5.41, 5.74) is 1.12. The summed E-state index contributed by atoms with van der Waals surface area (Å²) in [6.45, 7) is 10.2. The van der Waals surface area contributed by atoms with Crippen molar-refractivity contribution < 1.29 is 4.74 Å². The first-order valence-corrected chi connectivity index (χ1v) is 7.01. The van der Waals surface area contributed by atoms with Crippen LogP contribution in [-0.4, -0.2) is 12.6 Å². The zero-order chi connectivity index (χ0) is 13.5. The molecule has 1 rings (SSSR count). The van der Waals surface area contributed by atoms with Gasteiger partial charge in [0.15, 0.2) is 0 Å². The molecule has 0 unspecified atom stereocenters. The summed E-state index contributed by atoms with van der Waals surface area (Å²) >= 11 is 6.03. The van der Waals surface area contributed by atoms with Crippen LogP contribution >= 0.6 is 11.6 Å². The lowest BCUT2D eigenvalue weighted by atomic mass is 10.1. The van der Waals surface area contributed by atoms with Crippen molar-refractivity contribution >= 4 is 11.6 Å². The van der Waals surface area contributed by atoms with E-state index in [9.17, 15) is 0 Å². The molecule has 0 saturated heterocycles. The van der Waals surface area contributed by atoms with Crippen LogP contribution in [0.5, 0.6) is 5.75 Å². The Morgan fingerprint density at radius 3 is 2.56 bits per heavy atom. The second-order valence-corrected chi connectivity index (χ2v) is 5.76. The third-order valence-corrected chi connectivity index (χ3v) is 2.91. The molecule has 0 heterocycles. The smallest absolute Gasteiger partial charge is 0.123 e. The fourth-order valence-corrected chi connectivity index (χ4v) is 1.74. The zero-order valence-corrected chi connectivity index (χ0v) is 12.6. The van der Waals surface area contributed by atoms with Crippen LogP contribution in [0.15, 0.2) is 18.2 Å². The van der Waals surface area contributed by atoms with Gasteiger partial charge in [-0.15, -0.1) is 0 Å². The summed E-state index contributed by atoms with van der Waals surface area (Å²) in [7, 11) is 0. The van der Waals surface area contributed by atoms with Gasteiger partial charge in [-0.25, -0.2) is 0 Å². The highest BCUT2D eigenvalue weighted by Gasteiger charge is 2.06. The lowest BCUT2D eigenvalue weighted by Crippen LogP contribution is -2.22. The molecule has 0 atom stereocenters. The number of hydrogen-bond donors (Lipinski definition) is 1. The van der Waals surface area contributed by atoms with E-state index in [0.717, 1.165) is 35.9 Å². The number of hydrogen-bond acceptors (Lipinski definition) is 2. The van der Waals surface area contributed by atoms with Gasteiger partial charge in [-0.1, -0.05) is 39.3 Å². The summed E-state index contributed by atoms with van der Waals surface area (Å²) in [4.78, 5) is 0. The van der Waals surface area contributed by atoms with Gasteiger partial charge in [-0.3, -0.25) is 0 Å². The van der Waals surface area contributed by atoms with Gasteiger partial charge in [-0.05, 0) is 30.5 Å². The van der Waals surface area contributed by atoms with Gasteiger partial charge in [0.2, 0.25) is 0 Å². The normalized spacial score (nSPS) is 11.3. The maximum atomic E-state index is 6.03. The Morgan fingerprint density at radius 1 is 1.22 bits per heavy atom. The molecule has 0 saturated carbocycles. The minimum absolute atomic E-state index is 0.451. The monoisotopic (exact) mass is 269 g/mol. The Labute approximate surface area is 116 Å². The van der Waals surface area contributed by atoms with Crippen LogP contribution in [0, 0.1) is 5.92 Å². The maximum Gasteiger partial charge on any atom is 0.123 e. The SMILES string of the molecule is CC(C)CCOc1ccc(Cl)cc1CNC(C)C. The van der Waals surface area contributed by atoms with Crippen molar-refractivity contribution in [3.63, 3.8) is 0 Å². The van der Waals surface area contributed by atoms with Crippen LogP contribution in [-0.2, 0) is 6.54 Å². The van der Waals surface area contributed by atoms with E-state index in [1.54, 1.807) is 0 Å². The van der Waals surface area contributed by atoms with Crippen LogP contribution in [0.2, 0.25) is 5.02 Å². The zero-order valence-electron chi connectivity index (χ0n) is 11.8. The number of benzene rings is 1. The Balaban J connectivity index is 2.64. The fourth-order valence-electron chi connectivity index (χ4n) is 1.55. The van der Waals surface area contributed by atoms with E-state index in [1.807, 2.05) is 18.2 Å². The standard InChI is InChI=1S/C15H24ClNO/c1-11(2)7-8-18-15-6-5-14(16)9-13(15)10-17-12(3)4/h5-6,9,11-12,17H,7-8,10H2,1-4H3. The Morgan fingerprint density at radius 2 is 1.94 bits per heavy atom. The van der Waals surface area contributed by atoms with E-state index >= 15 is 0 Å². The molecular weight excluding hydrogens is 246 g/mol. The van der Waals surface area contributed by atoms with Crippen molar-refractivity contribution in [2.24, 2.45) is 5.92 Å². The van der Waals surface area contributed by atoms with Crippen LogP contribution in [0.1, 0.15) is 39.7 Å². The van der Waals surface area contributed by atoms with Gasteiger partial charge >= 0.3 is 0 Å². The molecule has 0 aliphatic heterocycles. The van der Waals surface area contributed by atoms with Crippen molar-refractivity contribution in [3.05, 3.63) is 28.8 Å². The Kier molecular flexibility index (Phi) is 6.51. The molecular formula is C15H24ClNO. The van der Waals surface area contributed by atoms with Gasteiger partial charge < -0.3 is 10.1 Å². The van der Waals surface area contributed by atoms with Crippen LogP contribution in [0.4, 0.5) is 0 Å². The van der Waals surface area contributed by atoms with Crippen molar-refractivity contribution in [3.8, 4) is 5.75 Å². The predicted molar refractivity (Wildman–Crippen MR) is 78.4 cm³/mol. The molecule has 1 aromatic carbocycles. The second-order valence-electron chi connectivity index (χ2n) is 5.32. The summed E-state index contributed by atoms with van der Waals surface area (Å²) in [5, 5.41) is 4.15. The topological polar surface area (TPSA) is 21.3 Å². The molecule has 0 radical (unpaired) electrons. The average molecular weight is 270 g/mol. The predicted octanol–water partition coefficient (Wildman–Crippen LogP) is 4.26. The summed E-state index contributed by atoms with van der Waals surface area (Å²) in [6.07, 6.45) is 1.07. The first-order chi connectivity index (χ1) is 8.49. The van der Waals surface area contributed by atoms with Gasteiger partial charge in [0.25, 0.3) is 0 Å². The number of nitrogens with one attached hydrogen (secondary N) is 1. The number of rotatable bonds is 7. The second kappa shape index (κ2) is 7.65. The molecule has 1 N–H and O–H groups in total. The molecule has 0 bridgehead atoms. The van der Waals surface area contributed by atoms with E-state index in [-0.39, 0.29) is 0 Å². The van der Waals surface area contributed by atoms with Crippen LogP contribution in [0.25, 0.3) is 0 Å². The van der Waals surface area contributed by atoms with Crippen molar-refractivity contribution in [1.82, 2.24) is 5.32 Å². The van der Waals surface area contributed by atoms with Gasteiger partial charge in [0, 0.05) is 23.2 Å². The summed E-state index contributed by atoms with van der Waals surface area (Å²) in [6, 6.07) is 6.26. The number of halogens is 1. The molecule has 3 heteroatoms. The summed E-state index contributed by atoms with van der Waals surface area (Å²) in [5.74, 6) is 1.60. The Bertz CT molecular complexity index is 364. The maximum absolute atomic E-state index is 6.03. The minimum atomic E-state index is 0.451. The largest absolute Gasteiger partial charge is 0.493 e. The highest BCUT2D eigenvalue weighted by molar-refractivity contribution is 6.30. The van der Waals surface area contributed by atoms with E-state index < -0.39 is 0 Å². The molecule has 0 amide bonds. The number of ether oxygens (including phenoxy) is 1. The van der Waals surface area contributed by atoms with Crippen molar-refractivity contribution in [2.75, 3.05) is 6.61 Å². The molecule has 1 aromatic rings. The highest BCUT2D eigenvalue weighted by atomic mass is 35.5. The van der Waals surface area contributed by atoms with Crippen LogP contribution < -0.4 is 10.1 Å². The van der Waals surface area contributed by atoms with E-state index in [0.29, 0.717) is 12.0 Å². The van der Waals surface area contributed by atoms with Gasteiger partial charge in [0.05, 0.1) is 6.61 Å². The Hall–Kier alpha value is -0.730. The summed E-state index contributed by atoms with van der Waals surface area (Å²) < 4.78 is 5.84. The van der Waals surface area contributed by atoms with Crippen molar-refractivity contribution in [1.29, 1.82) is 0 Å². The van der Waals surface area contributed by atoms with E-state index in [2.05, 4.69) is 33.0 Å². The molecule has 0 spiro atoms. The average Bonchev–Trinajstić information content (AvgIpc) is 2.28. The molecule has 102 valence electrons. The fraction of sp³-hybridized carbons (Fsp3) is 0.600. The third kappa shape index (κ3) is 5.74. The van der Waals surface area contributed by atoms with Gasteiger partial charge in [-0.2, -0.15) is 0 Å². The first kappa shape index (κ1) is 15.3. The van der Waals surface area contributed by atoms with E-state index in [1.165, 1.54) is 0 Å². The molecule has 0 aliphatic rings. The lowest BCUT2D eigenvalue weighted by Gasteiger charge is -2.14. The minimum Gasteiger partial charge on any atom is -0.493 e. The highest BCUT2D eigenvalue weighted by Crippen LogP contribution is 2.23. The first-order valence-electron chi connectivity index (χ1n) is 6.63. The molecule has 0 aliphatic carbocycles. The lowest BCUT2D eigenvalue weighted by molar-refractivity contribution is 0.286. The van der Waals surface area contributed by atoms with Gasteiger partial charge in [0.1, 0.15) is 5.75 Å². The van der Waals surface area contributed by atoms with Crippen LogP contribution in [0.3, 0.4) is 0 Å². The molecule has 18 heavy (non-hydrogen) atoms. The van der Waals surface area contributed by atoms with Crippen molar-refractivity contribution in [2.45, 2.75) is 46.7 Å². The molecule has 2 nitrogen and oxygen atoms in total. The molecule has 0 aromatic heterocycles. The quantitative estimate of drug-likeness (QED) is 0.798. The third-order valence-electron chi connectivity index (χ3n) is 2.68. The molecule has 0 fully saturated rings.